The molecule has 0 aromatic carbocycles. The van der Waals surface area contributed by atoms with Crippen LogP contribution in [0.3, 0.4) is 0 Å². The molecule has 3 aromatic rings. The number of nitrogens with zero attached hydrogens (tertiary/aromatic N) is 4. The molecule has 3 aromatic heterocycles. The lowest BCUT2D eigenvalue weighted by Gasteiger charge is -2.22. The van der Waals surface area contributed by atoms with Gasteiger partial charge in [0.25, 0.3) is 0 Å². The fraction of sp³-hybridized carbons (Fsp3) is 0.593. The maximum absolute atomic E-state index is 11.9. The molecular formula is C27H38N8OS. The number of hydrogen-bond donors (Lipinski definition) is 4. The zero-order valence-corrected chi connectivity index (χ0v) is 23.3. The molecule has 2 atom stereocenters. The van der Waals surface area contributed by atoms with Crippen molar-refractivity contribution in [2.75, 3.05) is 23.7 Å². The van der Waals surface area contributed by atoms with Gasteiger partial charge in [0, 0.05) is 36.8 Å². The summed E-state index contributed by atoms with van der Waals surface area (Å²) in [6.45, 7) is 11.7. The summed E-state index contributed by atoms with van der Waals surface area (Å²) < 4.78 is 1.16. The summed E-state index contributed by atoms with van der Waals surface area (Å²) in [4.78, 5) is 31.4. The minimum atomic E-state index is -0.157. The quantitative estimate of drug-likeness (QED) is 0.311. The number of pyridine rings is 1. The molecule has 2 saturated carbocycles. The molecular weight excluding hydrogens is 484 g/mol. The molecule has 2 unspecified atom stereocenters. The van der Waals surface area contributed by atoms with Gasteiger partial charge < -0.3 is 21.3 Å². The van der Waals surface area contributed by atoms with E-state index < -0.39 is 0 Å². The summed E-state index contributed by atoms with van der Waals surface area (Å²) >= 11 is 1.68. The first kappa shape index (κ1) is 25.6. The summed E-state index contributed by atoms with van der Waals surface area (Å²) in [6.07, 6.45) is 7.30. The third kappa shape index (κ3) is 6.11. The van der Waals surface area contributed by atoms with Crippen LogP contribution in [0.5, 0.6) is 0 Å². The van der Waals surface area contributed by atoms with E-state index in [1.54, 1.807) is 11.3 Å². The average Bonchev–Trinajstić information content (AvgIpc) is 3.41. The maximum Gasteiger partial charge on any atom is 0.314 e. The molecule has 37 heavy (non-hydrogen) atoms. The lowest BCUT2D eigenvalue weighted by atomic mass is 10.1. The van der Waals surface area contributed by atoms with Gasteiger partial charge in [-0.1, -0.05) is 0 Å². The Kier molecular flexibility index (Phi) is 7.20. The van der Waals surface area contributed by atoms with E-state index in [-0.39, 0.29) is 17.6 Å². The molecule has 10 heteroatoms. The van der Waals surface area contributed by atoms with Crippen LogP contribution in [0.2, 0.25) is 0 Å². The number of fused-ring (bicyclic) bond motifs is 1. The number of anilines is 2. The monoisotopic (exact) mass is 522 g/mol. The SMILES string of the molecule is CCNC(=O)NC1CCC(CNc2nc(NC(C)(C)C)nc(C)c2-c2nc3c(C4CC4)nccc3s2)C1. The second-order valence-corrected chi connectivity index (χ2v) is 12.4. The van der Waals surface area contributed by atoms with Gasteiger partial charge in [0.05, 0.1) is 21.7 Å². The number of thiazole rings is 1. The number of carbonyl (C=O) groups excluding carboxylic acids is 1. The van der Waals surface area contributed by atoms with Gasteiger partial charge in [-0.05, 0) is 78.7 Å². The van der Waals surface area contributed by atoms with Gasteiger partial charge in [-0.2, -0.15) is 4.98 Å². The van der Waals surface area contributed by atoms with Crippen LogP contribution in [-0.4, -0.2) is 50.6 Å². The van der Waals surface area contributed by atoms with Gasteiger partial charge in [-0.25, -0.2) is 14.8 Å². The number of aryl methyl sites for hydroxylation is 1. The fourth-order valence-corrected chi connectivity index (χ4v) is 6.08. The van der Waals surface area contributed by atoms with E-state index in [2.05, 4.69) is 53.1 Å². The van der Waals surface area contributed by atoms with Gasteiger partial charge in [-0.3, -0.25) is 4.98 Å². The van der Waals surface area contributed by atoms with E-state index in [4.69, 9.17) is 15.0 Å². The van der Waals surface area contributed by atoms with Crippen molar-refractivity contribution in [2.24, 2.45) is 5.92 Å². The first-order chi connectivity index (χ1) is 17.7. The maximum atomic E-state index is 11.9. The highest BCUT2D eigenvalue weighted by atomic mass is 32.1. The average molecular weight is 523 g/mol. The van der Waals surface area contributed by atoms with Crippen LogP contribution in [0, 0.1) is 12.8 Å². The van der Waals surface area contributed by atoms with Gasteiger partial charge in [0.1, 0.15) is 16.3 Å². The number of carbonyl (C=O) groups is 1. The van der Waals surface area contributed by atoms with Crippen molar-refractivity contribution < 1.29 is 4.79 Å². The number of hydrogen-bond acceptors (Lipinski definition) is 8. The molecule has 2 fully saturated rings. The Labute approximate surface area is 222 Å². The first-order valence-electron chi connectivity index (χ1n) is 13.4. The van der Waals surface area contributed by atoms with E-state index >= 15 is 0 Å². The van der Waals surface area contributed by atoms with Crippen molar-refractivity contribution in [3.8, 4) is 10.6 Å². The Balaban J connectivity index is 1.41. The van der Waals surface area contributed by atoms with Crippen molar-refractivity contribution in [3.05, 3.63) is 23.7 Å². The summed E-state index contributed by atoms with van der Waals surface area (Å²) in [7, 11) is 0. The number of rotatable bonds is 8. The normalized spacial score (nSPS) is 19.7. The number of amides is 2. The van der Waals surface area contributed by atoms with Crippen LogP contribution < -0.4 is 21.3 Å². The largest absolute Gasteiger partial charge is 0.369 e. The van der Waals surface area contributed by atoms with E-state index in [0.717, 1.165) is 63.8 Å². The van der Waals surface area contributed by atoms with Gasteiger partial charge in [0.15, 0.2) is 0 Å². The topological polar surface area (TPSA) is 117 Å². The number of nitrogens with one attached hydrogen (secondary N) is 4. The molecule has 9 nitrogen and oxygen atoms in total. The molecule has 5 rings (SSSR count). The second-order valence-electron chi connectivity index (χ2n) is 11.3. The van der Waals surface area contributed by atoms with Crippen LogP contribution in [0.1, 0.15) is 77.1 Å². The third-order valence-electron chi connectivity index (χ3n) is 6.86. The van der Waals surface area contributed by atoms with Crippen LogP contribution in [0.15, 0.2) is 12.3 Å². The van der Waals surface area contributed by atoms with Crippen LogP contribution in [-0.2, 0) is 0 Å². The van der Waals surface area contributed by atoms with Crippen molar-refractivity contribution in [1.29, 1.82) is 0 Å². The summed E-state index contributed by atoms with van der Waals surface area (Å²) in [5.74, 6) is 2.41. The highest BCUT2D eigenvalue weighted by molar-refractivity contribution is 7.21. The standard InChI is InChI=1S/C27H38N8OS/c1-6-28-26(36)32-18-10-7-16(13-18)14-30-23-20(15(2)31-25(34-23)35-27(3,4)5)24-33-22-19(37-24)11-12-29-21(22)17-8-9-17/h11-12,16-18H,6-10,13-14H2,1-5H3,(H2,28,32,36)(H2,30,31,34,35). The molecule has 3 heterocycles. The number of aromatic nitrogens is 4. The predicted molar refractivity (Wildman–Crippen MR) is 150 cm³/mol. The minimum Gasteiger partial charge on any atom is -0.369 e. The van der Waals surface area contributed by atoms with E-state index in [1.165, 1.54) is 12.8 Å². The predicted octanol–water partition coefficient (Wildman–Crippen LogP) is 5.44. The second kappa shape index (κ2) is 10.4. The van der Waals surface area contributed by atoms with Crippen LogP contribution >= 0.6 is 11.3 Å². The smallest absolute Gasteiger partial charge is 0.314 e. The van der Waals surface area contributed by atoms with Crippen molar-refractivity contribution >= 4 is 39.4 Å². The van der Waals surface area contributed by atoms with Crippen LogP contribution in [0.25, 0.3) is 20.8 Å². The van der Waals surface area contributed by atoms with E-state index in [9.17, 15) is 4.79 Å². The van der Waals surface area contributed by atoms with E-state index in [0.29, 0.717) is 24.3 Å². The molecule has 198 valence electrons. The molecule has 2 amide bonds. The molecule has 0 bridgehead atoms. The Morgan fingerprint density at radius 1 is 1.14 bits per heavy atom. The lowest BCUT2D eigenvalue weighted by molar-refractivity contribution is 0.237. The summed E-state index contributed by atoms with van der Waals surface area (Å²) in [5.41, 5.74) is 3.83. The number of urea groups is 1. The molecule has 0 saturated heterocycles. The van der Waals surface area contributed by atoms with Gasteiger partial charge >= 0.3 is 6.03 Å². The Morgan fingerprint density at radius 2 is 1.95 bits per heavy atom. The Bertz CT molecular complexity index is 1280. The molecule has 0 radical (unpaired) electrons. The lowest BCUT2D eigenvalue weighted by Crippen LogP contribution is -2.41. The zero-order chi connectivity index (χ0) is 26.2. The Hall–Kier alpha value is -3.01. The zero-order valence-electron chi connectivity index (χ0n) is 22.4. The molecule has 0 spiro atoms. The van der Waals surface area contributed by atoms with E-state index in [1.807, 2.05) is 20.0 Å². The summed E-state index contributed by atoms with van der Waals surface area (Å²) in [5, 5.41) is 13.9. The van der Waals surface area contributed by atoms with Crippen LogP contribution in [0.4, 0.5) is 16.6 Å². The van der Waals surface area contributed by atoms with Crippen molar-refractivity contribution in [2.45, 2.75) is 84.2 Å². The molecule has 0 aliphatic heterocycles. The van der Waals surface area contributed by atoms with Crippen molar-refractivity contribution in [1.82, 2.24) is 30.6 Å². The highest BCUT2D eigenvalue weighted by Gasteiger charge is 2.30. The fourth-order valence-electron chi connectivity index (χ4n) is 5.01. The Morgan fingerprint density at radius 3 is 2.68 bits per heavy atom. The first-order valence-corrected chi connectivity index (χ1v) is 14.2. The minimum absolute atomic E-state index is 0.0800. The highest BCUT2D eigenvalue weighted by Crippen LogP contribution is 2.44. The summed E-state index contributed by atoms with van der Waals surface area (Å²) in [6, 6.07) is 2.19. The van der Waals surface area contributed by atoms with Crippen molar-refractivity contribution in [3.63, 3.8) is 0 Å². The van der Waals surface area contributed by atoms with Gasteiger partial charge in [0.2, 0.25) is 5.95 Å². The third-order valence-corrected chi connectivity index (χ3v) is 7.90. The van der Waals surface area contributed by atoms with Gasteiger partial charge in [-0.15, -0.1) is 11.3 Å². The molecule has 2 aliphatic carbocycles. The molecule has 2 aliphatic rings. The molecule has 4 N–H and O–H groups in total.